The molecular formula is C16H19Br2Cl2NO2. The molecule has 3 nitrogen and oxygen atoms in total. The Hall–Kier alpha value is -0.0700. The molecule has 0 aliphatic heterocycles. The number of carbonyl (C=O) groups is 1. The van der Waals surface area contributed by atoms with Crippen LogP contribution in [0, 0.1) is 0 Å². The molecule has 0 radical (unpaired) electrons. The van der Waals surface area contributed by atoms with E-state index in [-0.39, 0.29) is 27.5 Å². The van der Waals surface area contributed by atoms with E-state index in [9.17, 15) is 4.79 Å². The van der Waals surface area contributed by atoms with E-state index in [4.69, 9.17) is 27.9 Å². The predicted molar refractivity (Wildman–Crippen MR) is 104 cm³/mol. The minimum atomic E-state index is -0.479. The van der Waals surface area contributed by atoms with Gasteiger partial charge in [0.1, 0.15) is 5.76 Å². The van der Waals surface area contributed by atoms with Crippen molar-refractivity contribution in [3.8, 4) is 0 Å². The number of hydrogen-bond donors (Lipinski definition) is 1. The average molecular weight is 488 g/mol. The van der Waals surface area contributed by atoms with Gasteiger partial charge >= 0.3 is 5.97 Å². The summed E-state index contributed by atoms with van der Waals surface area (Å²) in [5.74, 6) is 0.110. The van der Waals surface area contributed by atoms with Crippen molar-refractivity contribution in [1.82, 2.24) is 5.32 Å². The summed E-state index contributed by atoms with van der Waals surface area (Å²) in [4.78, 5) is 14.1. The highest BCUT2D eigenvalue weighted by atomic mass is 79.9. The van der Waals surface area contributed by atoms with Crippen LogP contribution in [0.2, 0.25) is 10.0 Å². The molecule has 1 aromatic rings. The minimum absolute atomic E-state index is 0. The largest absolute Gasteiger partial charge is 0.425 e. The lowest BCUT2D eigenvalue weighted by Gasteiger charge is -2.37. The first-order valence-corrected chi connectivity index (χ1v) is 8.86. The molecule has 1 fully saturated rings. The molecule has 0 heterocycles. The lowest BCUT2D eigenvalue weighted by molar-refractivity contribution is 0.0535. The van der Waals surface area contributed by atoms with Crippen molar-refractivity contribution in [2.24, 2.45) is 0 Å². The molecule has 0 saturated heterocycles. The van der Waals surface area contributed by atoms with Crippen LogP contribution in [0.5, 0.6) is 0 Å². The first kappa shape index (κ1) is 21.0. The highest BCUT2D eigenvalue weighted by molar-refractivity contribution is 9.11. The zero-order valence-electron chi connectivity index (χ0n) is 12.7. The lowest BCUT2D eigenvalue weighted by Crippen LogP contribution is -2.47. The van der Waals surface area contributed by atoms with Crippen molar-refractivity contribution in [3.05, 3.63) is 44.6 Å². The molecule has 1 aliphatic rings. The van der Waals surface area contributed by atoms with Crippen LogP contribution in [-0.4, -0.2) is 18.6 Å². The van der Waals surface area contributed by atoms with E-state index in [1.54, 1.807) is 17.1 Å². The van der Waals surface area contributed by atoms with E-state index in [0.717, 1.165) is 25.7 Å². The van der Waals surface area contributed by atoms with Crippen LogP contribution < -0.4 is 5.32 Å². The fraction of sp³-hybridized carbons (Fsp3) is 0.438. The molecule has 0 unspecified atom stereocenters. The first-order valence-electron chi connectivity index (χ1n) is 7.19. The number of ether oxygens (including phenoxy) is 1. The minimum Gasteiger partial charge on any atom is -0.425 e. The fourth-order valence-electron chi connectivity index (χ4n) is 2.81. The molecular weight excluding hydrogens is 469 g/mol. The van der Waals surface area contributed by atoms with Crippen LogP contribution in [-0.2, 0) is 4.74 Å². The summed E-state index contributed by atoms with van der Waals surface area (Å²) in [6.07, 6.45) is 5.27. The van der Waals surface area contributed by atoms with Gasteiger partial charge in [-0.15, -0.1) is 17.0 Å². The molecule has 1 N–H and O–H groups in total. The zero-order chi connectivity index (χ0) is 16.2. The van der Waals surface area contributed by atoms with Crippen molar-refractivity contribution in [2.45, 2.75) is 37.6 Å². The van der Waals surface area contributed by atoms with Gasteiger partial charge in [0.15, 0.2) is 0 Å². The van der Waals surface area contributed by atoms with E-state index >= 15 is 0 Å². The Bertz CT molecular complexity index is 587. The molecule has 1 aromatic carbocycles. The summed E-state index contributed by atoms with van der Waals surface area (Å²) in [5.41, 5.74) is -0.00368. The molecule has 1 saturated carbocycles. The number of esters is 1. The molecule has 128 valence electrons. The Morgan fingerprint density at radius 2 is 1.96 bits per heavy atom. The summed E-state index contributed by atoms with van der Waals surface area (Å²) in [6, 6.07) is 4.73. The molecule has 7 heteroatoms. The lowest BCUT2D eigenvalue weighted by atomic mass is 9.80. The highest BCUT2D eigenvalue weighted by Crippen LogP contribution is 2.36. The van der Waals surface area contributed by atoms with E-state index in [1.807, 2.05) is 7.05 Å². The molecule has 0 spiro atoms. The van der Waals surface area contributed by atoms with Crippen LogP contribution in [0.4, 0.5) is 0 Å². The summed E-state index contributed by atoms with van der Waals surface area (Å²) in [5, 5.41) is 4.09. The van der Waals surface area contributed by atoms with Crippen LogP contribution in [0.3, 0.4) is 0 Å². The second-order valence-corrected chi connectivity index (χ2v) is 6.68. The standard InChI is InChI=1S/C16H18BrCl2NO2.BrH/c1-20-16(7-3-2-4-8-16)14(10-17)22-15(21)12-6-5-11(18)9-13(12)19;/h5-6,9-10,20H,2-4,7-8H2,1H3;1H/b14-10+;. The predicted octanol–water partition coefficient (Wildman–Crippen LogP) is 5.89. The first-order chi connectivity index (χ1) is 10.5. The zero-order valence-corrected chi connectivity index (χ0v) is 17.5. The number of benzene rings is 1. The van der Waals surface area contributed by atoms with Gasteiger partial charge in [0.25, 0.3) is 0 Å². The Morgan fingerprint density at radius 3 is 2.48 bits per heavy atom. The maximum atomic E-state index is 12.4. The van der Waals surface area contributed by atoms with Crippen molar-refractivity contribution < 1.29 is 9.53 Å². The summed E-state index contributed by atoms with van der Waals surface area (Å²) in [6.45, 7) is 0. The van der Waals surface area contributed by atoms with Crippen molar-refractivity contribution in [1.29, 1.82) is 0 Å². The molecule has 0 bridgehead atoms. The Kier molecular flexibility index (Phi) is 8.59. The Balaban J connectivity index is 0.00000264. The summed E-state index contributed by atoms with van der Waals surface area (Å²) in [7, 11) is 1.89. The smallest absolute Gasteiger partial charge is 0.344 e. The number of hydrogen-bond acceptors (Lipinski definition) is 3. The Morgan fingerprint density at radius 1 is 1.30 bits per heavy atom. The van der Waals surface area contributed by atoms with Gasteiger partial charge in [0.05, 0.1) is 16.1 Å². The van der Waals surface area contributed by atoms with E-state index in [0.29, 0.717) is 16.3 Å². The molecule has 2 rings (SSSR count). The molecule has 0 aromatic heterocycles. The summed E-state index contributed by atoms with van der Waals surface area (Å²) >= 11 is 15.3. The maximum absolute atomic E-state index is 12.4. The highest BCUT2D eigenvalue weighted by Gasteiger charge is 2.37. The second kappa shape index (κ2) is 9.42. The third-order valence-corrected chi connectivity index (χ3v) is 5.07. The average Bonchev–Trinajstić information content (AvgIpc) is 2.53. The van der Waals surface area contributed by atoms with Crippen molar-refractivity contribution >= 4 is 62.1 Å². The normalized spacial score (nSPS) is 17.3. The molecule has 23 heavy (non-hydrogen) atoms. The van der Waals surface area contributed by atoms with Gasteiger partial charge < -0.3 is 10.1 Å². The Labute approximate surface area is 165 Å². The van der Waals surface area contributed by atoms with E-state index in [1.165, 1.54) is 12.5 Å². The quantitative estimate of drug-likeness (QED) is 0.425. The van der Waals surface area contributed by atoms with E-state index < -0.39 is 5.97 Å². The van der Waals surface area contributed by atoms with Gasteiger partial charge in [0.2, 0.25) is 0 Å². The van der Waals surface area contributed by atoms with E-state index in [2.05, 4.69) is 21.2 Å². The molecule has 0 atom stereocenters. The van der Waals surface area contributed by atoms with Gasteiger partial charge in [-0.05, 0) is 38.1 Å². The topological polar surface area (TPSA) is 38.3 Å². The molecule has 1 aliphatic carbocycles. The maximum Gasteiger partial charge on any atom is 0.344 e. The number of halogens is 4. The fourth-order valence-corrected chi connectivity index (χ4v) is 3.83. The van der Waals surface area contributed by atoms with Crippen LogP contribution in [0.15, 0.2) is 28.9 Å². The van der Waals surface area contributed by atoms with Crippen molar-refractivity contribution in [3.63, 3.8) is 0 Å². The van der Waals surface area contributed by atoms with Crippen molar-refractivity contribution in [2.75, 3.05) is 7.05 Å². The third kappa shape index (κ3) is 4.95. The third-order valence-electron chi connectivity index (χ3n) is 4.11. The SMILES string of the molecule is Br.CNC1(/C(=C\Br)OC(=O)c2ccc(Cl)cc2Cl)CCCCC1. The second-order valence-electron chi connectivity index (χ2n) is 5.38. The number of rotatable bonds is 4. The van der Waals surface area contributed by atoms with Gasteiger partial charge in [-0.2, -0.15) is 0 Å². The van der Waals surface area contributed by atoms with Gasteiger partial charge in [-0.1, -0.05) is 58.4 Å². The number of carbonyl (C=O) groups excluding carboxylic acids is 1. The van der Waals surface area contributed by atoms with Crippen LogP contribution in [0.1, 0.15) is 42.5 Å². The number of likely N-dealkylation sites (N-methyl/N-ethyl adjacent to an activating group) is 1. The molecule has 0 amide bonds. The van der Waals surface area contributed by atoms with Crippen LogP contribution in [0.25, 0.3) is 0 Å². The van der Waals surface area contributed by atoms with Gasteiger partial charge in [-0.3, -0.25) is 0 Å². The monoisotopic (exact) mass is 485 g/mol. The van der Waals surface area contributed by atoms with Crippen LogP contribution >= 0.6 is 56.1 Å². The van der Waals surface area contributed by atoms with Gasteiger partial charge in [-0.25, -0.2) is 4.79 Å². The summed E-state index contributed by atoms with van der Waals surface area (Å²) < 4.78 is 5.63. The van der Waals surface area contributed by atoms with Gasteiger partial charge in [0, 0.05) is 10.0 Å². The number of nitrogens with one attached hydrogen (secondary N) is 1.